The van der Waals surface area contributed by atoms with Crippen LogP contribution in [0.3, 0.4) is 0 Å². The smallest absolute Gasteiger partial charge is 0.320 e. The second kappa shape index (κ2) is 11.8. The Morgan fingerprint density at radius 1 is 1.07 bits per heavy atom. The number of hydrogen-bond donors (Lipinski definition) is 1. The summed E-state index contributed by atoms with van der Waals surface area (Å²) in [6, 6.07) is 0. The highest BCUT2D eigenvalue weighted by molar-refractivity contribution is 4.36. The van der Waals surface area contributed by atoms with Gasteiger partial charge in [0, 0.05) is 0 Å². The first-order chi connectivity index (χ1) is 6.97. The summed E-state index contributed by atoms with van der Waals surface area (Å²) in [6.07, 6.45) is -1.04. The van der Waals surface area contributed by atoms with Gasteiger partial charge in [-0.2, -0.15) is 0 Å². The average Bonchev–Trinajstić information content (AvgIpc) is 2.13. The number of halogens is 3. The van der Waals surface area contributed by atoms with E-state index >= 15 is 0 Å². The summed E-state index contributed by atoms with van der Waals surface area (Å²) in [5.41, 5.74) is 0. The standard InChI is InChI=1S/C6H11F3O.C4H11N/c1-2-3-4-5-10-6(7,8)9;1-3-4-5-2/h2-5H2,1H3;5H,3-4H2,1-2H3. The number of ether oxygens (including phenoxy) is 1. The van der Waals surface area contributed by atoms with Gasteiger partial charge in [-0.05, 0) is 26.4 Å². The molecular weight excluding hydrogens is 207 g/mol. The van der Waals surface area contributed by atoms with Gasteiger partial charge < -0.3 is 5.32 Å². The zero-order valence-electron chi connectivity index (χ0n) is 9.78. The topological polar surface area (TPSA) is 21.3 Å². The van der Waals surface area contributed by atoms with E-state index in [9.17, 15) is 13.2 Å². The second-order valence-electron chi connectivity index (χ2n) is 3.10. The van der Waals surface area contributed by atoms with Crippen molar-refractivity contribution in [1.82, 2.24) is 5.32 Å². The molecule has 0 amide bonds. The van der Waals surface area contributed by atoms with Crippen LogP contribution in [0.25, 0.3) is 0 Å². The first kappa shape index (κ1) is 17.1. The van der Waals surface area contributed by atoms with Gasteiger partial charge in [0.15, 0.2) is 0 Å². The van der Waals surface area contributed by atoms with Crippen molar-refractivity contribution in [3.05, 3.63) is 0 Å². The van der Waals surface area contributed by atoms with Crippen LogP contribution in [-0.4, -0.2) is 26.6 Å². The lowest BCUT2D eigenvalue weighted by Gasteiger charge is -2.05. The van der Waals surface area contributed by atoms with Crippen LogP contribution in [0.2, 0.25) is 0 Å². The number of rotatable bonds is 6. The highest BCUT2D eigenvalue weighted by atomic mass is 19.4. The molecule has 1 N–H and O–H groups in total. The maximum atomic E-state index is 11.3. The maximum Gasteiger partial charge on any atom is 0.522 e. The number of nitrogens with one attached hydrogen (secondary N) is 1. The predicted molar refractivity (Wildman–Crippen MR) is 55.7 cm³/mol. The van der Waals surface area contributed by atoms with Crippen molar-refractivity contribution in [3.63, 3.8) is 0 Å². The molecule has 5 heteroatoms. The number of alkyl halides is 3. The number of hydrogen-bond acceptors (Lipinski definition) is 2. The molecule has 0 aliphatic carbocycles. The van der Waals surface area contributed by atoms with E-state index in [2.05, 4.69) is 17.0 Å². The van der Waals surface area contributed by atoms with Crippen LogP contribution in [0, 0.1) is 0 Å². The average molecular weight is 229 g/mol. The summed E-state index contributed by atoms with van der Waals surface area (Å²) >= 11 is 0. The van der Waals surface area contributed by atoms with Crippen molar-refractivity contribution >= 4 is 0 Å². The third kappa shape index (κ3) is 24.8. The normalized spacial score (nSPS) is 10.8. The van der Waals surface area contributed by atoms with Gasteiger partial charge >= 0.3 is 6.36 Å². The fourth-order valence-corrected chi connectivity index (χ4v) is 0.790. The van der Waals surface area contributed by atoms with Gasteiger partial charge in [0.25, 0.3) is 0 Å². The molecule has 0 saturated heterocycles. The Kier molecular flexibility index (Phi) is 13.4. The van der Waals surface area contributed by atoms with E-state index in [1.807, 2.05) is 14.0 Å². The van der Waals surface area contributed by atoms with E-state index < -0.39 is 6.36 Å². The Balaban J connectivity index is 0. The Morgan fingerprint density at radius 3 is 1.93 bits per heavy atom. The summed E-state index contributed by atoms with van der Waals surface area (Å²) in [5.74, 6) is 0. The van der Waals surface area contributed by atoms with Crippen LogP contribution >= 0.6 is 0 Å². The molecule has 0 unspecified atom stereocenters. The van der Waals surface area contributed by atoms with Crippen molar-refractivity contribution in [1.29, 1.82) is 0 Å². The molecular formula is C10H22F3NO. The molecule has 0 aromatic heterocycles. The third-order valence-corrected chi connectivity index (χ3v) is 1.51. The molecule has 2 nitrogen and oxygen atoms in total. The first-order valence-corrected chi connectivity index (χ1v) is 5.33. The molecule has 0 aromatic carbocycles. The minimum absolute atomic E-state index is 0.211. The van der Waals surface area contributed by atoms with Gasteiger partial charge in [0.2, 0.25) is 0 Å². The van der Waals surface area contributed by atoms with Crippen LogP contribution in [0.1, 0.15) is 39.5 Å². The molecule has 0 bridgehead atoms. The SMILES string of the molecule is CCCCCOC(F)(F)F.CCCNC. The van der Waals surface area contributed by atoms with Crippen LogP contribution in [0.15, 0.2) is 0 Å². The largest absolute Gasteiger partial charge is 0.522 e. The van der Waals surface area contributed by atoms with Gasteiger partial charge in [-0.15, -0.1) is 13.2 Å². The molecule has 0 radical (unpaired) electrons. The highest BCUT2D eigenvalue weighted by Crippen LogP contribution is 2.16. The molecule has 0 aliphatic heterocycles. The van der Waals surface area contributed by atoms with Crippen LogP contribution < -0.4 is 5.32 Å². The molecule has 15 heavy (non-hydrogen) atoms. The maximum absolute atomic E-state index is 11.3. The van der Waals surface area contributed by atoms with Crippen molar-refractivity contribution < 1.29 is 17.9 Å². The van der Waals surface area contributed by atoms with Crippen LogP contribution in [0.5, 0.6) is 0 Å². The van der Waals surface area contributed by atoms with Crippen molar-refractivity contribution in [3.8, 4) is 0 Å². The van der Waals surface area contributed by atoms with E-state index in [-0.39, 0.29) is 6.61 Å². The van der Waals surface area contributed by atoms with E-state index in [4.69, 9.17) is 0 Å². The monoisotopic (exact) mass is 229 g/mol. The zero-order valence-corrected chi connectivity index (χ0v) is 9.78. The van der Waals surface area contributed by atoms with Crippen LogP contribution in [-0.2, 0) is 4.74 Å². The van der Waals surface area contributed by atoms with E-state index in [0.717, 1.165) is 19.4 Å². The van der Waals surface area contributed by atoms with Crippen LogP contribution in [0.4, 0.5) is 13.2 Å². The lowest BCUT2D eigenvalue weighted by atomic mass is 10.3. The van der Waals surface area contributed by atoms with Crippen molar-refractivity contribution in [2.24, 2.45) is 0 Å². The summed E-state index contributed by atoms with van der Waals surface area (Å²) < 4.78 is 37.3. The Morgan fingerprint density at radius 2 is 1.67 bits per heavy atom. The predicted octanol–water partition coefficient (Wildman–Crippen LogP) is 3.33. The van der Waals surface area contributed by atoms with E-state index in [1.54, 1.807) is 0 Å². The molecule has 0 aliphatic rings. The molecule has 0 saturated carbocycles. The lowest BCUT2D eigenvalue weighted by molar-refractivity contribution is -0.324. The number of unbranched alkanes of at least 4 members (excludes halogenated alkanes) is 2. The molecule has 0 fully saturated rings. The fraction of sp³-hybridized carbons (Fsp3) is 1.00. The summed E-state index contributed by atoms with van der Waals surface area (Å²) in [6.45, 7) is 5.00. The van der Waals surface area contributed by atoms with Gasteiger partial charge in [-0.25, -0.2) is 0 Å². The molecule has 0 spiro atoms. The van der Waals surface area contributed by atoms with E-state index in [1.165, 1.54) is 6.42 Å². The summed E-state index contributed by atoms with van der Waals surface area (Å²) in [4.78, 5) is 0. The second-order valence-corrected chi connectivity index (χ2v) is 3.10. The minimum atomic E-state index is -4.45. The molecule has 94 valence electrons. The third-order valence-electron chi connectivity index (χ3n) is 1.51. The molecule has 0 atom stereocenters. The quantitative estimate of drug-likeness (QED) is 0.705. The molecule has 0 aromatic rings. The summed E-state index contributed by atoms with van der Waals surface area (Å²) in [7, 11) is 1.96. The Hall–Kier alpha value is -0.290. The summed E-state index contributed by atoms with van der Waals surface area (Å²) in [5, 5.41) is 3.02. The van der Waals surface area contributed by atoms with E-state index in [0.29, 0.717) is 6.42 Å². The Labute approximate surface area is 90.2 Å². The molecule has 0 heterocycles. The van der Waals surface area contributed by atoms with Gasteiger partial charge in [0.1, 0.15) is 0 Å². The van der Waals surface area contributed by atoms with Gasteiger partial charge in [-0.3, -0.25) is 4.74 Å². The van der Waals surface area contributed by atoms with Crippen molar-refractivity contribution in [2.75, 3.05) is 20.2 Å². The lowest BCUT2D eigenvalue weighted by Crippen LogP contribution is -2.13. The van der Waals surface area contributed by atoms with Crippen molar-refractivity contribution in [2.45, 2.75) is 45.9 Å². The zero-order chi connectivity index (χ0) is 12.2. The van der Waals surface area contributed by atoms with Gasteiger partial charge in [0.05, 0.1) is 6.61 Å². The van der Waals surface area contributed by atoms with Gasteiger partial charge in [-0.1, -0.05) is 26.7 Å². The molecule has 0 rings (SSSR count). The first-order valence-electron chi connectivity index (χ1n) is 5.33. The Bertz CT molecular complexity index is 116. The fourth-order valence-electron chi connectivity index (χ4n) is 0.790. The minimum Gasteiger partial charge on any atom is -0.320 e. The highest BCUT2D eigenvalue weighted by Gasteiger charge is 2.28.